The van der Waals surface area contributed by atoms with Gasteiger partial charge in [-0.2, -0.15) is 0 Å². The Morgan fingerprint density at radius 3 is 2.83 bits per heavy atom. The van der Waals surface area contributed by atoms with Gasteiger partial charge in [-0.25, -0.2) is 4.79 Å². The average Bonchev–Trinajstić information content (AvgIpc) is 2.27. The molecular formula is C11H14BrNO4S. The van der Waals surface area contributed by atoms with Gasteiger partial charge in [0.15, 0.2) is 0 Å². The summed E-state index contributed by atoms with van der Waals surface area (Å²) in [5, 5.41) is 20.8. The molecule has 0 fully saturated rings. The molecule has 1 aliphatic carbocycles. The van der Waals surface area contributed by atoms with Crippen molar-refractivity contribution < 1.29 is 19.8 Å². The summed E-state index contributed by atoms with van der Waals surface area (Å²) in [6, 6.07) is -0.946. The quantitative estimate of drug-likeness (QED) is 0.694. The van der Waals surface area contributed by atoms with Crippen LogP contribution in [0.5, 0.6) is 0 Å². The van der Waals surface area contributed by atoms with Crippen LogP contribution in [0.2, 0.25) is 0 Å². The van der Waals surface area contributed by atoms with E-state index in [2.05, 4.69) is 21.2 Å². The Kier molecular flexibility index (Phi) is 5.90. The minimum atomic E-state index is -1.08. The van der Waals surface area contributed by atoms with Gasteiger partial charge in [-0.15, -0.1) is 11.8 Å². The highest BCUT2D eigenvalue weighted by atomic mass is 79.9. The maximum absolute atomic E-state index is 10.9. The highest BCUT2D eigenvalue weighted by molar-refractivity contribution is 9.11. The molecule has 0 heterocycles. The molecule has 3 N–H and O–H groups in total. The molecule has 18 heavy (non-hydrogen) atoms. The fourth-order valence-electron chi connectivity index (χ4n) is 1.39. The van der Waals surface area contributed by atoms with E-state index in [0.29, 0.717) is 0 Å². The summed E-state index contributed by atoms with van der Waals surface area (Å²) in [6.45, 7) is 1.27. The van der Waals surface area contributed by atoms with Crippen LogP contribution in [0.4, 0.5) is 0 Å². The third-order valence-electron chi connectivity index (χ3n) is 2.24. The van der Waals surface area contributed by atoms with Gasteiger partial charge in [-0.05, 0) is 6.08 Å². The van der Waals surface area contributed by atoms with E-state index in [4.69, 9.17) is 5.11 Å². The first-order chi connectivity index (χ1) is 8.40. The number of allylic oxidation sites excluding steroid dienone is 2. The van der Waals surface area contributed by atoms with Crippen molar-refractivity contribution in [1.82, 2.24) is 5.32 Å². The number of halogens is 1. The van der Waals surface area contributed by atoms with Crippen LogP contribution < -0.4 is 5.32 Å². The van der Waals surface area contributed by atoms with Gasteiger partial charge < -0.3 is 15.5 Å². The van der Waals surface area contributed by atoms with E-state index in [-0.39, 0.29) is 16.9 Å². The molecule has 0 saturated heterocycles. The molecule has 1 rings (SSSR count). The summed E-state index contributed by atoms with van der Waals surface area (Å²) >= 11 is 4.58. The number of thioether (sulfide) groups is 1. The standard InChI is InChI=1S/C11H14BrNO4S/c1-6(14)13-8(11(16)17)5-18-10-4-7(12)2-3-9(10)15/h2-4,8-10,15H,5H2,1H3,(H,13,14)(H,16,17). The highest BCUT2D eigenvalue weighted by Gasteiger charge is 2.24. The number of hydrogen-bond acceptors (Lipinski definition) is 4. The molecule has 1 amide bonds. The average molecular weight is 336 g/mol. The Morgan fingerprint density at radius 2 is 2.28 bits per heavy atom. The molecule has 0 spiro atoms. The molecular weight excluding hydrogens is 322 g/mol. The van der Waals surface area contributed by atoms with E-state index >= 15 is 0 Å². The van der Waals surface area contributed by atoms with Gasteiger partial charge >= 0.3 is 5.97 Å². The Balaban J connectivity index is 2.54. The lowest BCUT2D eigenvalue weighted by atomic mass is 10.1. The molecule has 0 aromatic heterocycles. The van der Waals surface area contributed by atoms with Gasteiger partial charge in [0.05, 0.1) is 11.4 Å². The summed E-state index contributed by atoms with van der Waals surface area (Å²) in [5.74, 6) is -1.27. The van der Waals surface area contributed by atoms with Crippen molar-refractivity contribution in [3.63, 3.8) is 0 Å². The zero-order chi connectivity index (χ0) is 13.7. The smallest absolute Gasteiger partial charge is 0.327 e. The van der Waals surface area contributed by atoms with Crippen molar-refractivity contribution in [2.75, 3.05) is 5.75 Å². The summed E-state index contributed by atoms with van der Waals surface area (Å²) in [4.78, 5) is 21.8. The van der Waals surface area contributed by atoms with Crippen molar-refractivity contribution in [2.24, 2.45) is 0 Å². The highest BCUT2D eigenvalue weighted by Crippen LogP contribution is 2.26. The monoisotopic (exact) mass is 335 g/mol. The van der Waals surface area contributed by atoms with Crippen LogP contribution in [0.3, 0.4) is 0 Å². The third-order valence-corrected chi connectivity index (χ3v) is 4.10. The topological polar surface area (TPSA) is 86.6 Å². The number of carbonyl (C=O) groups excluding carboxylic acids is 1. The van der Waals surface area contributed by atoms with Gasteiger partial charge in [0.1, 0.15) is 6.04 Å². The summed E-state index contributed by atoms with van der Waals surface area (Å²) in [5.41, 5.74) is 0. The van der Waals surface area contributed by atoms with Crippen LogP contribution in [0.1, 0.15) is 6.92 Å². The number of amides is 1. The van der Waals surface area contributed by atoms with Crippen molar-refractivity contribution >= 4 is 39.6 Å². The first-order valence-electron chi connectivity index (χ1n) is 5.25. The van der Waals surface area contributed by atoms with Crippen LogP contribution in [0.25, 0.3) is 0 Å². The molecule has 3 unspecified atom stereocenters. The molecule has 5 nitrogen and oxygen atoms in total. The number of nitrogens with one attached hydrogen (secondary N) is 1. The van der Waals surface area contributed by atoms with E-state index in [1.165, 1.54) is 18.7 Å². The molecule has 0 bridgehead atoms. The number of carboxylic acids is 1. The number of rotatable bonds is 5. The maximum Gasteiger partial charge on any atom is 0.327 e. The maximum atomic E-state index is 10.9. The zero-order valence-electron chi connectivity index (χ0n) is 9.67. The van der Waals surface area contributed by atoms with Crippen molar-refractivity contribution in [3.8, 4) is 0 Å². The van der Waals surface area contributed by atoms with Crippen LogP contribution in [-0.2, 0) is 9.59 Å². The normalized spacial score (nSPS) is 24.3. The van der Waals surface area contributed by atoms with Crippen LogP contribution in [0.15, 0.2) is 22.7 Å². The molecule has 3 atom stereocenters. The van der Waals surface area contributed by atoms with E-state index in [9.17, 15) is 14.7 Å². The van der Waals surface area contributed by atoms with Crippen LogP contribution in [-0.4, -0.2) is 45.2 Å². The SMILES string of the molecule is CC(=O)NC(CSC1C=C(Br)C=CC1O)C(=O)O. The fourth-order valence-corrected chi connectivity index (χ4v) is 3.17. The number of carbonyl (C=O) groups is 2. The predicted octanol–water partition coefficient (Wildman–Crippen LogP) is 0.887. The molecule has 0 radical (unpaired) electrons. The molecule has 0 aromatic rings. The number of carboxylic acid groups (broad SMARTS) is 1. The van der Waals surface area contributed by atoms with Gasteiger partial charge in [0.2, 0.25) is 5.91 Å². The molecule has 0 aromatic carbocycles. The van der Waals surface area contributed by atoms with E-state index < -0.39 is 18.1 Å². The second kappa shape index (κ2) is 6.96. The lowest BCUT2D eigenvalue weighted by molar-refractivity contribution is -0.140. The van der Waals surface area contributed by atoms with Crippen molar-refractivity contribution in [1.29, 1.82) is 0 Å². The van der Waals surface area contributed by atoms with E-state index in [1.807, 2.05) is 6.08 Å². The minimum Gasteiger partial charge on any atom is -0.480 e. The largest absolute Gasteiger partial charge is 0.480 e. The van der Waals surface area contributed by atoms with Crippen molar-refractivity contribution in [2.45, 2.75) is 24.3 Å². The molecule has 1 aliphatic rings. The van der Waals surface area contributed by atoms with Crippen LogP contribution >= 0.6 is 27.7 Å². The van der Waals surface area contributed by atoms with Gasteiger partial charge in [-0.3, -0.25) is 4.79 Å². The summed E-state index contributed by atoms with van der Waals surface area (Å²) in [6.07, 6.45) is 4.53. The zero-order valence-corrected chi connectivity index (χ0v) is 12.1. The first kappa shape index (κ1) is 15.3. The second-order valence-corrected chi connectivity index (χ2v) is 5.92. The lowest BCUT2D eigenvalue weighted by Crippen LogP contribution is -2.42. The minimum absolute atomic E-state index is 0.196. The Bertz CT molecular complexity index is 397. The molecule has 100 valence electrons. The Morgan fingerprint density at radius 1 is 1.61 bits per heavy atom. The first-order valence-corrected chi connectivity index (χ1v) is 7.09. The lowest BCUT2D eigenvalue weighted by Gasteiger charge is -2.22. The number of aliphatic carboxylic acids is 1. The van der Waals surface area contributed by atoms with Crippen LogP contribution in [0, 0.1) is 0 Å². The number of aliphatic hydroxyl groups is 1. The van der Waals surface area contributed by atoms with Gasteiger partial charge in [0, 0.05) is 17.2 Å². The van der Waals surface area contributed by atoms with Crippen molar-refractivity contribution in [3.05, 3.63) is 22.7 Å². The van der Waals surface area contributed by atoms with Gasteiger partial charge in [-0.1, -0.05) is 28.1 Å². The van der Waals surface area contributed by atoms with Gasteiger partial charge in [0.25, 0.3) is 0 Å². The van der Waals surface area contributed by atoms with E-state index in [0.717, 1.165) is 4.48 Å². The molecule has 0 saturated carbocycles. The predicted molar refractivity (Wildman–Crippen MR) is 73.6 cm³/mol. The molecule has 0 aliphatic heterocycles. The summed E-state index contributed by atoms with van der Waals surface area (Å²) in [7, 11) is 0. The van der Waals surface area contributed by atoms with E-state index in [1.54, 1.807) is 12.2 Å². The second-order valence-electron chi connectivity index (χ2n) is 3.79. The Hall–Kier alpha value is -0.790. The third kappa shape index (κ3) is 4.83. The molecule has 7 heteroatoms. The number of hydrogen-bond donors (Lipinski definition) is 3. The fraction of sp³-hybridized carbons (Fsp3) is 0.455. The number of aliphatic hydroxyl groups excluding tert-OH is 1. The Labute approximate surface area is 117 Å². The summed E-state index contributed by atoms with van der Waals surface area (Å²) < 4.78 is 0.844.